The van der Waals surface area contributed by atoms with Crippen LogP contribution in [0.25, 0.3) is 0 Å². The first-order chi connectivity index (χ1) is 13.3. The number of carbonyl (C=O) groups is 1. The van der Waals surface area contributed by atoms with E-state index in [4.69, 9.17) is 5.21 Å². The van der Waals surface area contributed by atoms with Crippen molar-refractivity contribution in [1.29, 1.82) is 0 Å². The summed E-state index contributed by atoms with van der Waals surface area (Å²) in [6.07, 6.45) is 16.5. The van der Waals surface area contributed by atoms with Crippen LogP contribution in [-0.4, -0.2) is 54.6 Å². The summed E-state index contributed by atoms with van der Waals surface area (Å²) in [6, 6.07) is 0. The lowest BCUT2D eigenvalue weighted by molar-refractivity contribution is -0.129. The Morgan fingerprint density at radius 2 is 1.63 bits per heavy atom. The molecule has 158 valence electrons. The number of hydrogen-bond acceptors (Lipinski definition) is 5. The van der Waals surface area contributed by atoms with E-state index in [0.717, 1.165) is 32.6 Å². The summed E-state index contributed by atoms with van der Waals surface area (Å²) in [5, 5.41) is 11.7. The number of amides is 1. The van der Waals surface area contributed by atoms with Crippen LogP contribution in [-0.2, 0) is 4.79 Å². The van der Waals surface area contributed by atoms with Crippen molar-refractivity contribution in [2.24, 2.45) is 4.99 Å². The molecule has 0 saturated carbocycles. The van der Waals surface area contributed by atoms with Gasteiger partial charge >= 0.3 is 0 Å². The molecule has 0 bridgehead atoms. The molecular formula is C21H42N4O2. The summed E-state index contributed by atoms with van der Waals surface area (Å²) in [6.45, 7) is 6.58. The second-order valence-corrected chi connectivity index (χ2v) is 7.61. The molecule has 0 radical (unpaired) electrons. The maximum Gasteiger partial charge on any atom is 0.244 e. The standard InChI is InChI=1S/C21H42N4O2/c1-2-3-4-5-6-7-8-9-10-11-12-13-20-23-17-19-25(20)18-16-22-15-14-21(26)24-27/h22,27H,2-19H2,1H3,(H,24,26). The molecule has 0 spiro atoms. The second kappa shape index (κ2) is 17.0. The van der Waals surface area contributed by atoms with Gasteiger partial charge < -0.3 is 10.2 Å². The Morgan fingerprint density at radius 1 is 1.00 bits per heavy atom. The minimum absolute atomic E-state index is 0.302. The van der Waals surface area contributed by atoms with Crippen molar-refractivity contribution < 1.29 is 10.0 Å². The van der Waals surface area contributed by atoms with Gasteiger partial charge in [0.25, 0.3) is 0 Å². The van der Waals surface area contributed by atoms with E-state index in [1.165, 1.54) is 76.5 Å². The average Bonchev–Trinajstić information content (AvgIpc) is 3.13. The molecule has 0 fully saturated rings. The Morgan fingerprint density at radius 3 is 2.26 bits per heavy atom. The number of unbranched alkanes of at least 4 members (excludes halogenated alkanes) is 10. The van der Waals surface area contributed by atoms with Crippen molar-refractivity contribution in [3.8, 4) is 0 Å². The first-order valence-corrected chi connectivity index (χ1v) is 11.2. The van der Waals surface area contributed by atoms with Crippen LogP contribution in [0.15, 0.2) is 4.99 Å². The predicted molar refractivity (Wildman–Crippen MR) is 112 cm³/mol. The van der Waals surface area contributed by atoms with Crippen LogP contribution < -0.4 is 10.8 Å². The molecule has 0 atom stereocenters. The zero-order valence-corrected chi connectivity index (χ0v) is 17.5. The molecule has 0 unspecified atom stereocenters. The van der Waals surface area contributed by atoms with Crippen molar-refractivity contribution in [3.05, 3.63) is 0 Å². The van der Waals surface area contributed by atoms with Crippen LogP contribution in [0, 0.1) is 0 Å². The molecule has 6 nitrogen and oxygen atoms in total. The van der Waals surface area contributed by atoms with Crippen molar-refractivity contribution >= 4 is 11.7 Å². The molecule has 0 aromatic rings. The summed E-state index contributed by atoms with van der Waals surface area (Å²) < 4.78 is 0. The zero-order valence-electron chi connectivity index (χ0n) is 17.5. The quantitative estimate of drug-likeness (QED) is 0.191. The topological polar surface area (TPSA) is 77.0 Å². The van der Waals surface area contributed by atoms with E-state index in [9.17, 15) is 4.79 Å². The maximum atomic E-state index is 10.9. The van der Waals surface area contributed by atoms with Crippen LogP contribution >= 0.6 is 0 Å². The number of nitrogens with one attached hydrogen (secondary N) is 2. The number of rotatable bonds is 18. The van der Waals surface area contributed by atoms with Gasteiger partial charge in [0.2, 0.25) is 5.91 Å². The number of hydrogen-bond donors (Lipinski definition) is 3. The fourth-order valence-electron chi connectivity index (χ4n) is 3.55. The Bertz CT molecular complexity index is 402. The molecule has 1 aliphatic heterocycles. The van der Waals surface area contributed by atoms with Gasteiger partial charge in [0.15, 0.2) is 0 Å². The third-order valence-electron chi connectivity index (χ3n) is 5.25. The first-order valence-electron chi connectivity index (χ1n) is 11.2. The van der Waals surface area contributed by atoms with E-state index < -0.39 is 0 Å². The number of aliphatic imine (C=N–C) groups is 1. The van der Waals surface area contributed by atoms with Crippen LogP contribution in [0.5, 0.6) is 0 Å². The van der Waals surface area contributed by atoms with E-state index in [2.05, 4.69) is 22.1 Å². The number of carbonyl (C=O) groups excluding carboxylic acids is 1. The molecule has 0 saturated heterocycles. The highest BCUT2D eigenvalue weighted by Gasteiger charge is 2.15. The Kier molecular flexibility index (Phi) is 15.0. The van der Waals surface area contributed by atoms with Crippen LogP contribution in [0.2, 0.25) is 0 Å². The highest BCUT2D eigenvalue weighted by Crippen LogP contribution is 2.13. The molecular weight excluding hydrogens is 340 g/mol. The Hall–Kier alpha value is -1.14. The van der Waals surface area contributed by atoms with Crippen molar-refractivity contribution in [3.63, 3.8) is 0 Å². The van der Waals surface area contributed by atoms with Crippen molar-refractivity contribution in [1.82, 2.24) is 15.7 Å². The van der Waals surface area contributed by atoms with E-state index in [-0.39, 0.29) is 5.91 Å². The minimum atomic E-state index is -0.345. The van der Waals surface area contributed by atoms with Gasteiger partial charge in [0.05, 0.1) is 12.4 Å². The lowest BCUT2D eigenvalue weighted by Crippen LogP contribution is -2.35. The SMILES string of the molecule is CCCCCCCCCCCCCC1=NCCN1CCNCCC(=O)NO. The summed E-state index contributed by atoms with van der Waals surface area (Å²) in [7, 11) is 0. The monoisotopic (exact) mass is 382 g/mol. The minimum Gasteiger partial charge on any atom is -0.357 e. The molecule has 0 aliphatic carbocycles. The lowest BCUT2D eigenvalue weighted by atomic mass is 10.1. The van der Waals surface area contributed by atoms with E-state index in [0.29, 0.717) is 13.0 Å². The highest BCUT2D eigenvalue weighted by atomic mass is 16.5. The van der Waals surface area contributed by atoms with Gasteiger partial charge in [-0.2, -0.15) is 0 Å². The molecule has 1 heterocycles. The van der Waals surface area contributed by atoms with Crippen molar-refractivity contribution in [2.75, 3.05) is 32.7 Å². The van der Waals surface area contributed by atoms with E-state index >= 15 is 0 Å². The normalized spacial score (nSPS) is 13.9. The number of hydroxylamine groups is 1. The van der Waals surface area contributed by atoms with Gasteiger partial charge in [-0.15, -0.1) is 0 Å². The molecule has 3 N–H and O–H groups in total. The van der Waals surface area contributed by atoms with Gasteiger partial charge in [-0.25, -0.2) is 5.48 Å². The largest absolute Gasteiger partial charge is 0.357 e. The smallest absolute Gasteiger partial charge is 0.244 e. The molecule has 27 heavy (non-hydrogen) atoms. The number of amidine groups is 1. The Balaban J connectivity index is 1.93. The van der Waals surface area contributed by atoms with Crippen molar-refractivity contribution in [2.45, 2.75) is 90.4 Å². The summed E-state index contributed by atoms with van der Waals surface area (Å²) in [5.74, 6) is 0.920. The molecule has 1 rings (SSSR count). The third kappa shape index (κ3) is 12.8. The third-order valence-corrected chi connectivity index (χ3v) is 5.25. The van der Waals surface area contributed by atoms with E-state index in [1.807, 2.05) is 0 Å². The van der Waals surface area contributed by atoms with Gasteiger partial charge in [0, 0.05) is 39.0 Å². The van der Waals surface area contributed by atoms with Gasteiger partial charge in [-0.3, -0.25) is 15.0 Å². The second-order valence-electron chi connectivity index (χ2n) is 7.61. The fraction of sp³-hybridized carbons (Fsp3) is 0.905. The van der Waals surface area contributed by atoms with Crippen LogP contribution in [0.3, 0.4) is 0 Å². The fourth-order valence-corrected chi connectivity index (χ4v) is 3.55. The maximum absolute atomic E-state index is 10.9. The van der Waals surface area contributed by atoms with E-state index in [1.54, 1.807) is 5.48 Å². The Labute approximate surface area is 166 Å². The zero-order chi connectivity index (χ0) is 19.6. The molecule has 1 amide bonds. The van der Waals surface area contributed by atoms with Crippen LogP contribution in [0.4, 0.5) is 0 Å². The predicted octanol–water partition coefficient (Wildman–Crippen LogP) is 3.89. The summed E-state index contributed by atoms with van der Waals surface area (Å²) in [4.78, 5) is 18.0. The van der Waals surface area contributed by atoms with Gasteiger partial charge in [-0.1, -0.05) is 71.1 Å². The van der Waals surface area contributed by atoms with Gasteiger partial charge in [-0.05, 0) is 6.42 Å². The molecule has 6 heteroatoms. The number of nitrogens with zero attached hydrogens (tertiary/aromatic N) is 2. The van der Waals surface area contributed by atoms with Crippen LogP contribution in [0.1, 0.15) is 90.4 Å². The molecule has 0 aromatic carbocycles. The lowest BCUT2D eigenvalue weighted by Gasteiger charge is -2.20. The summed E-state index contributed by atoms with van der Waals surface area (Å²) in [5.41, 5.74) is 1.65. The molecule has 1 aliphatic rings. The molecule has 0 aromatic heterocycles. The average molecular weight is 383 g/mol. The summed E-state index contributed by atoms with van der Waals surface area (Å²) >= 11 is 0. The highest BCUT2D eigenvalue weighted by molar-refractivity contribution is 5.83. The first kappa shape index (κ1) is 23.9. The van der Waals surface area contributed by atoms with Gasteiger partial charge in [0.1, 0.15) is 0 Å².